The maximum atomic E-state index is 12.9. The zero-order valence-electron chi connectivity index (χ0n) is 20.0. The molecule has 1 amide bonds. The van der Waals surface area contributed by atoms with Crippen LogP contribution < -0.4 is 10.1 Å². The van der Waals surface area contributed by atoms with E-state index < -0.39 is 0 Å². The summed E-state index contributed by atoms with van der Waals surface area (Å²) >= 11 is 0. The van der Waals surface area contributed by atoms with Gasteiger partial charge in [-0.15, -0.1) is 0 Å². The number of anilines is 1. The molecule has 1 N–H and O–H groups in total. The normalized spacial score (nSPS) is 21.1. The van der Waals surface area contributed by atoms with Gasteiger partial charge in [-0.2, -0.15) is 5.10 Å². The zero-order chi connectivity index (χ0) is 23.3. The minimum absolute atomic E-state index is 0.0911. The van der Waals surface area contributed by atoms with Crippen LogP contribution in [0.4, 0.5) is 5.69 Å². The van der Waals surface area contributed by atoms with Crippen LogP contribution in [0.1, 0.15) is 31.2 Å². The molecule has 1 saturated heterocycles. The average Bonchev–Trinajstić information content (AvgIpc) is 3.28. The Morgan fingerprint density at radius 2 is 1.97 bits per heavy atom. The number of fused-ring (bicyclic) bond motifs is 2. The van der Waals surface area contributed by atoms with Crippen LogP contribution in [-0.4, -0.2) is 46.8 Å². The molecule has 3 aromatic rings. The first-order chi connectivity index (χ1) is 16.6. The van der Waals surface area contributed by atoms with Crippen LogP contribution >= 0.6 is 0 Å². The van der Waals surface area contributed by atoms with Gasteiger partial charge in [0.2, 0.25) is 5.91 Å². The van der Waals surface area contributed by atoms with Crippen molar-refractivity contribution < 1.29 is 9.53 Å². The fraction of sp³-hybridized carbons (Fsp3) is 0.429. The second-order valence-electron chi connectivity index (χ2n) is 9.70. The monoisotopic (exact) mass is 458 g/mol. The van der Waals surface area contributed by atoms with Crippen LogP contribution in [0.25, 0.3) is 11.1 Å². The van der Waals surface area contributed by atoms with Gasteiger partial charge in [0.1, 0.15) is 5.75 Å². The maximum absolute atomic E-state index is 12.9. The number of aryl methyl sites for hydroxylation is 2. The number of likely N-dealkylation sites (tertiary alicyclic amines) is 1. The summed E-state index contributed by atoms with van der Waals surface area (Å²) in [7, 11) is 1.91. The lowest BCUT2D eigenvalue weighted by Gasteiger charge is -2.39. The van der Waals surface area contributed by atoms with Crippen molar-refractivity contribution in [3.63, 3.8) is 0 Å². The summed E-state index contributed by atoms with van der Waals surface area (Å²) < 4.78 is 8.03. The Bertz CT molecular complexity index is 1110. The molecule has 1 aromatic heterocycles. The Kier molecular flexibility index (Phi) is 6.95. The number of carbonyl (C=O) groups excluding carboxylic acids is 1. The topological polar surface area (TPSA) is 59.4 Å². The number of aromatic nitrogens is 2. The molecule has 1 fully saturated rings. The number of hydrogen-bond donors (Lipinski definition) is 1. The Hall–Kier alpha value is -3.12. The van der Waals surface area contributed by atoms with Gasteiger partial charge in [-0.25, -0.2) is 0 Å². The standard InChI is InChI=1S/C28H34N4O2/c1-31-19-25(18-29-31)22-9-10-26-27(16-22)34-15-12-24-20-32(14-11-23(24)17-28(33)30-26)13-5-8-21-6-3-2-4-7-21/h2-4,6-7,9-10,16,18-19,23-24H,5,8,11-15,17,20H2,1H3,(H,30,33)/t23-,24-/m0/s1. The molecule has 0 unspecified atom stereocenters. The van der Waals surface area contributed by atoms with Gasteiger partial charge in [0.25, 0.3) is 0 Å². The molecule has 3 heterocycles. The molecular weight excluding hydrogens is 424 g/mol. The van der Waals surface area contributed by atoms with E-state index in [2.05, 4.69) is 45.6 Å². The predicted molar refractivity (Wildman–Crippen MR) is 135 cm³/mol. The molecule has 0 bridgehead atoms. The van der Waals surface area contributed by atoms with Crippen LogP contribution in [0.5, 0.6) is 5.75 Å². The van der Waals surface area contributed by atoms with Gasteiger partial charge in [0.05, 0.1) is 18.5 Å². The van der Waals surface area contributed by atoms with Crippen molar-refractivity contribution in [1.82, 2.24) is 14.7 Å². The molecule has 6 heteroatoms. The summed E-state index contributed by atoms with van der Waals surface area (Å²) in [6, 6.07) is 16.7. The van der Waals surface area contributed by atoms with E-state index in [1.54, 1.807) is 4.68 Å². The van der Waals surface area contributed by atoms with Crippen LogP contribution in [0, 0.1) is 11.8 Å². The summed E-state index contributed by atoms with van der Waals surface area (Å²) in [6.45, 7) is 3.91. The third-order valence-electron chi connectivity index (χ3n) is 7.25. The summed E-state index contributed by atoms with van der Waals surface area (Å²) in [4.78, 5) is 15.5. The van der Waals surface area contributed by atoms with Crippen molar-refractivity contribution in [3.8, 4) is 16.9 Å². The molecule has 2 atom stereocenters. The minimum Gasteiger partial charge on any atom is -0.491 e. The maximum Gasteiger partial charge on any atom is 0.224 e. The first kappa shape index (κ1) is 22.7. The van der Waals surface area contributed by atoms with Crippen molar-refractivity contribution in [2.45, 2.75) is 32.1 Å². The lowest BCUT2D eigenvalue weighted by Crippen LogP contribution is -2.42. The van der Waals surface area contributed by atoms with Gasteiger partial charge in [0.15, 0.2) is 0 Å². The smallest absolute Gasteiger partial charge is 0.224 e. The minimum atomic E-state index is 0.0911. The van der Waals surface area contributed by atoms with Crippen molar-refractivity contribution in [2.75, 3.05) is 31.6 Å². The fourth-order valence-corrected chi connectivity index (χ4v) is 5.36. The van der Waals surface area contributed by atoms with Gasteiger partial charge in [-0.1, -0.05) is 36.4 Å². The summed E-state index contributed by atoms with van der Waals surface area (Å²) in [5.41, 5.74) is 4.24. The number of benzene rings is 2. The molecule has 6 nitrogen and oxygen atoms in total. The SMILES string of the molecule is Cn1cc(-c2ccc3c(c2)OCC[C@H]2CN(CCCc4ccccc4)CC[C@H]2CC(=O)N3)cn1. The number of ether oxygens (including phenoxy) is 1. The van der Waals surface area contributed by atoms with E-state index in [0.29, 0.717) is 24.9 Å². The van der Waals surface area contributed by atoms with E-state index in [1.807, 2.05) is 37.6 Å². The highest BCUT2D eigenvalue weighted by Crippen LogP contribution is 2.35. The van der Waals surface area contributed by atoms with Crippen molar-refractivity contribution >= 4 is 11.6 Å². The van der Waals surface area contributed by atoms with Gasteiger partial charge in [-0.05, 0) is 73.9 Å². The Balaban J connectivity index is 1.22. The number of carbonyl (C=O) groups is 1. The zero-order valence-corrected chi connectivity index (χ0v) is 20.0. The molecule has 178 valence electrons. The summed E-state index contributed by atoms with van der Waals surface area (Å²) in [5.74, 6) is 1.74. The van der Waals surface area contributed by atoms with Crippen molar-refractivity contribution in [2.24, 2.45) is 18.9 Å². The first-order valence-electron chi connectivity index (χ1n) is 12.5. The highest BCUT2D eigenvalue weighted by atomic mass is 16.5. The van der Waals surface area contributed by atoms with Crippen LogP contribution in [0.15, 0.2) is 60.9 Å². The third-order valence-corrected chi connectivity index (χ3v) is 7.25. The first-order valence-corrected chi connectivity index (χ1v) is 12.5. The molecule has 0 radical (unpaired) electrons. The van der Waals surface area contributed by atoms with Gasteiger partial charge in [0, 0.05) is 31.8 Å². The Morgan fingerprint density at radius 1 is 1.09 bits per heavy atom. The number of rotatable bonds is 5. The number of nitrogens with one attached hydrogen (secondary N) is 1. The lowest BCUT2D eigenvalue weighted by atomic mass is 9.81. The van der Waals surface area contributed by atoms with Gasteiger partial charge in [-0.3, -0.25) is 9.48 Å². The summed E-state index contributed by atoms with van der Waals surface area (Å²) in [6.07, 6.45) is 8.77. The predicted octanol–water partition coefficient (Wildman–Crippen LogP) is 4.77. The highest BCUT2D eigenvalue weighted by Gasteiger charge is 2.31. The Morgan fingerprint density at radius 3 is 2.79 bits per heavy atom. The molecule has 2 aromatic carbocycles. The van der Waals surface area contributed by atoms with Crippen LogP contribution in [0.2, 0.25) is 0 Å². The van der Waals surface area contributed by atoms with Gasteiger partial charge < -0.3 is 15.0 Å². The van der Waals surface area contributed by atoms with Gasteiger partial charge >= 0.3 is 0 Å². The second-order valence-corrected chi connectivity index (χ2v) is 9.70. The molecule has 5 rings (SSSR count). The van der Waals surface area contributed by atoms with E-state index in [4.69, 9.17) is 4.74 Å². The number of hydrogen-bond acceptors (Lipinski definition) is 4. The largest absolute Gasteiger partial charge is 0.491 e. The number of amides is 1. The van der Waals surface area contributed by atoms with Crippen LogP contribution in [0.3, 0.4) is 0 Å². The molecule has 0 spiro atoms. The molecule has 2 aliphatic rings. The number of piperidine rings is 1. The van der Waals surface area contributed by atoms with E-state index >= 15 is 0 Å². The molecule has 0 aliphatic carbocycles. The molecule has 2 aliphatic heterocycles. The van der Waals surface area contributed by atoms with Crippen LogP contribution in [-0.2, 0) is 18.3 Å². The molecule has 0 saturated carbocycles. The van der Waals surface area contributed by atoms with E-state index in [1.165, 1.54) is 12.0 Å². The van der Waals surface area contributed by atoms with Crippen molar-refractivity contribution in [3.05, 3.63) is 66.5 Å². The van der Waals surface area contributed by atoms with Crippen molar-refractivity contribution in [1.29, 1.82) is 0 Å². The number of nitrogens with zero attached hydrogens (tertiary/aromatic N) is 3. The molecular formula is C28H34N4O2. The average molecular weight is 459 g/mol. The third kappa shape index (κ3) is 5.50. The fourth-order valence-electron chi connectivity index (χ4n) is 5.36. The summed E-state index contributed by atoms with van der Waals surface area (Å²) in [5, 5.41) is 7.38. The highest BCUT2D eigenvalue weighted by molar-refractivity contribution is 5.93. The molecule has 34 heavy (non-hydrogen) atoms. The lowest BCUT2D eigenvalue weighted by molar-refractivity contribution is -0.118. The Labute approximate surface area is 201 Å². The quantitative estimate of drug-likeness (QED) is 0.598. The second kappa shape index (κ2) is 10.4. The van der Waals surface area contributed by atoms with E-state index in [0.717, 1.165) is 61.5 Å². The van der Waals surface area contributed by atoms with E-state index in [-0.39, 0.29) is 5.91 Å². The van der Waals surface area contributed by atoms with E-state index in [9.17, 15) is 4.79 Å².